The van der Waals surface area contributed by atoms with Gasteiger partial charge in [-0.2, -0.15) is 0 Å². The Kier molecular flexibility index (Phi) is 8.53. The third-order valence-electron chi connectivity index (χ3n) is 6.91. The third-order valence-corrected chi connectivity index (χ3v) is 6.91. The Balaban J connectivity index is 1.32. The highest BCUT2D eigenvalue weighted by atomic mass is 16.5. The molecule has 0 saturated carbocycles. The standard InChI is InChI=1S/C26H40N6O/c1-4-6-22-17-25(8-7-23(22)20-30-13-15-32(27-3)16-14-30)33-24-9-11-31(12-10-24)26-28-18-21(5-2)19-29-26/h7-8,17-19,24,27H,4-6,9-16,20H2,1-3H3. The van der Waals surface area contributed by atoms with Crippen molar-refractivity contribution in [1.82, 2.24) is 25.3 Å². The highest BCUT2D eigenvalue weighted by molar-refractivity contribution is 5.36. The lowest BCUT2D eigenvalue weighted by molar-refractivity contribution is 0.0945. The van der Waals surface area contributed by atoms with Crippen LogP contribution in [-0.4, -0.2) is 72.3 Å². The van der Waals surface area contributed by atoms with Gasteiger partial charge in [0.15, 0.2) is 0 Å². The molecule has 0 radical (unpaired) electrons. The number of benzene rings is 1. The summed E-state index contributed by atoms with van der Waals surface area (Å²) < 4.78 is 6.44. The summed E-state index contributed by atoms with van der Waals surface area (Å²) in [5, 5.41) is 2.29. The third kappa shape index (κ3) is 6.43. The monoisotopic (exact) mass is 452 g/mol. The van der Waals surface area contributed by atoms with Crippen molar-refractivity contribution in [2.45, 2.75) is 58.6 Å². The van der Waals surface area contributed by atoms with Gasteiger partial charge < -0.3 is 9.64 Å². The summed E-state index contributed by atoms with van der Waals surface area (Å²) in [5.74, 6) is 1.86. The van der Waals surface area contributed by atoms with E-state index in [4.69, 9.17) is 4.74 Å². The van der Waals surface area contributed by atoms with E-state index in [0.29, 0.717) is 0 Å². The van der Waals surface area contributed by atoms with E-state index in [1.807, 2.05) is 19.4 Å². The van der Waals surface area contributed by atoms with Crippen molar-refractivity contribution in [1.29, 1.82) is 0 Å². The largest absolute Gasteiger partial charge is 0.490 e. The number of nitrogens with zero attached hydrogens (tertiary/aromatic N) is 5. The first-order chi connectivity index (χ1) is 16.2. The average Bonchev–Trinajstić information content (AvgIpc) is 2.87. The molecule has 0 bridgehead atoms. The number of aromatic nitrogens is 2. The summed E-state index contributed by atoms with van der Waals surface area (Å²) in [7, 11) is 2.01. The van der Waals surface area contributed by atoms with Crippen LogP contribution in [0.3, 0.4) is 0 Å². The van der Waals surface area contributed by atoms with E-state index in [9.17, 15) is 0 Å². The number of aryl methyl sites for hydroxylation is 2. The van der Waals surface area contributed by atoms with Crippen molar-refractivity contribution >= 4 is 5.95 Å². The molecule has 2 aliphatic heterocycles. The lowest BCUT2D eigenvalue weighted by Gasteiger charge is -2.34. The summed E-state index contributed by atoms with van der Waals surface area (Å²) in [5.41, 5.74) is 7.33. The molecule has 0 amide bonds. The Bertz CT molecular complexity index is 858. The summed E-state index contributed by atoms with van der Waals surface area (Å²) >= 11 is 0. The normalized spacial score (nSPS) is 18.6. The number of piperidine rings is 1. The van der Waals surface area contributed by atoms with Gasteiger partial charge in [0, 0.05) is 71.0 Å². The minimum absolute atomic E-state index is 0.256. The fourth-order valence-electron chi connectivity index (χ4n) is 4.76. The van der Waals surface area contributed by atoms with Crippen molar-refractivity contribution in [2.75, 3.05) is 51.2 Å². The van der Waals surface area contributed by atoms with Crippen molar-refractivity contribution < 1.29 is 4.74 Å². The Morgan fingerprint density at radius 1 is 0.970 bits per heavy atom. The van der Waals surface area contributed by atoms with Crippen LogP contribution in [0.1, 0.15) is 49.8 Å². The topological polar surface area (TPSA) is 56.8 Å². The molecule has 2 saturated heterocycles. The molecule has 7 nitrogen and oxygen atoms in total. The summed E-state index contributed by atoms with van der Waals surface area (Å²) in [6.45, 7) is 11.7. The Morgan fingerprint density at radius 3 is 2.33 bits per heavy atom. The van der Waals surface area contributed by atoms with Gasteiger partial charge in [-0.25, -0.2) is 15.0 Å². The van der Waals surface area contributed by atoms with Crippen LogP contribution in [0, 0.1) is 0 Å². The molecule has 3 heterocycles. The van der Waals surface area contributed by atoms with Crippen LogP contribution in [0.2, 0.25) is 0 Å². The van der Waals surface area contributed by atoms with E-state index in [-0.39, 0.29) is 6.10 Å². The van der Waals surface area contributed by atoms with Crippen LogP contribution >= 0.6 is 0 Å². The number of ether oxygens (including phenoxy) is 1. The van der Waals surface area contributed by atoms with E-state index in [2.05, 4.69) is 62.2 Å². The molecular weight excluding hydrogens is 412 g/mol. The SMILES string of the molecule is CCCc1cc(OC2CCN(c3ncc(CC)cn3)CC2)ccc1CN1CCN(NC)CC1. The van der Waals surface area contributed by atoms with Gasteiger partial charge in [0.1, 0.15) is 11.9 Å². The van der Waals surface area contributed by atoms with Crippen LogP contribution in [0.4, 0.5) is 5.95 Å². The van der Waals surface area contributed by atoms with Gasteiger partial charge >= 0.3 is 0 Å². The Morgan fingerprint density at radius 2 is 1.70 bits per heavy atom. The number of anilines is 1. The maximum absolute atomic E-state index is 6.44. The number of hydrazine groups is 1. The van der Waals surface area contributed by atoms with Gasteiger partial charge in [-0.15, -0.1) is 0 Å². The first-order valence-electron chi connectivity index (χ1n) is 12.7. The predicted octanol–water partition coefficient (Wildman–Crippen LogP) is 3.29. The molecule has 1 aromatic carbocycles. The number of rotatable bonds is 9. The number of nitrogens with one attached hydrogen (secondary N) is 1. The Hall–Kier alpha value is -2.22. The van der Waals surface area contributed by atoms with Crippen LogP contribution in [0.25, 0.3) is 0 Å². The fourth-order valence-corrected chi connectivity index (χ4v) is 4.76. The molecule has 180 valence electrons. The van der Waals surface area contributed by atoms with Gasteiger partial charge in [0.25, 0.3) is 0 Å². The molecule has 0 spiro atoms. The molecule has 1 aromatic heterocycles. The second-order valence-corrected chi connectivity index (χ2v) is 9.22. The maximum Gasteiger partial charge on any atom is 0.225 e. The van der Waals surface area contributed by atoms with E-state index in [0.717, 1.165) is 89.6 Å². The van der Waals surface area contributed by atoms with E-state index in [1.165, 1.54) is 16.7 Å². The van der Waals surface area contributed by atoms with Crippen molar-refractivity contribution in [3.8, 4) is 5.75 Å². The van der Waals surface area contributed by atoms with E-state index in [1.54, 1.807) is 0 Å². The lowest BCUT2D eigenvalue weighted by Crippen LogP contribution is -2.50. The van der Waals surface area contributed by atoms with Crippen molar-refractivity contribution in [3.63, 3.8) is 0 Å². The highest BCUT2D eigenvalue weighted by Gasteiger charge is 2.23. The van der Waals surface area contributed by atoms with Crippen molar-refractivity contribution in [2.24, 2.45) is 0 Å². The zero-order chi connectivity index (χ0) is 23.0. The van der Waals surface area contributed by atoms with Crippen LogP contribution in [-0.2, 0) is 19.4 Å². The lowest BCUT2D eigenvalue weighted by atomic mass is 10.0. The number of hydrogen-bond donors (Lipinski definition) is 1. The first kappa shape index (κ1) is 23.9. The molecule has 0 aliphatic carbocycles. The summed E-state index contributed by atoms with van der Waals surface area (Å²) in [6.07, 6.45) is 9.38. The van der Waals surface area contributed by atoms with E-state index < -0.39 is 0 Å². The van der Waals surface area contributed by atoms with Gasteiger partial charge in [0.2, 0.25) is 5.95 Å². The second kappa shape index (κ2) is 11.8. The van der Waals surface area contributed by atoms with Crippen molar-refractivity contribution in [3.05, 3.63) is 47.3 Å². The summed E-state index contributed by atoms with van der Waals surface area (Å²) in [6, 6.07) is 6.77. The smallest absolute Gasteiger partial charge is 0.225 e. The van der Waals surface area contributed by atoms with Gasteiger partial charge in [-0.05, 0) is 48.7 Å². The minimum Gasteiger partial charge on any atom is -0.490 e. The van der Waals surface area contributed by atoms with Gasteiger partial charge in [0.05, 0.1) is 0 Å². The maximum atomic E-state index is 6.44. The van der Waals surface area contributed by atoms with Gasteiger partial charge in [-0.3, -0.25) is 10.3 Å². The van der Waals surface area contributed by atoms with Crippen LogP contribution in [0.15, 0.2) is 30.6 Å². The number of hydrogen-bond acceptors (Lipinski definition) is 7. The molecule has 33 heavy (non-hydrogen) atoms. The molecular formula is C26H40N6O. The minimum atomic E-state index is 0.256. The second-order valence-electron chi connectivity index (χ2n) is 9.22. The predicted molar refractivity (Wildman–Crippen MR) is 134 cm³/mol. The van der Waals surface area contributed by atoms with E-state index >= 15 is 0 Å². The first-order valence-corrected chi connectivity index (χ1v) is 12.7. The molecule has 2 fully saturated rings. The average molecular weight is 453 g/mol. The zero-order valence-electron chi connectivity index (χ0n) is 20.6. The molecule has 0 unspecified atom stereocenters. The molecule has 1 N–H and O–H groups in total. The molecule has 7 heteroatoms. The zero-order valence-corrected chi connectivity index (χ0v) is 20.6. The highest BCUT2D eigenvalue weighted by Crippen LogP contribution is 2.25. The van der Waals surface area contributed by atoms with Crippen LogP contribution in [0.5, 0.6) is 5.75 Å². The summed E-state index contributed by atoms with van der Waals surface area (Å²) in [4.78, 5) is 13.9. The Labute approximate surface area is 199 Å². The van der Waals surface area contributed by atoms with Gasteiger partial charge in [-0.1, -0.05) is 26.3 Å². The number of piperazine rings is 1. The molecule has 4 rings (SSSR count). The van der Waals surface area contributed by atoms with Crippen LogP contribution < -0.4 is 15.1 Å². The fraction of sp³-hybridized carbons (Fsp3) is 0.615. The molecule has 2 aromatic rings. The quantitative estimate of drug-likeness (QED) is 0.626. The molecule has 0 atom stereocenters. The molecule has 2 aliphatic rings.